The lowest BCUT2D eigenvalue weighted by atomic mass is 10.2. The van der Waals surface area contributed by atoms with Gasteiger partial charge >= 0.3 is 0 Å². The van der Waals surface area contributed by atoms with Crippen molar-refractivity contribution in [3.8, 4) is 0 Å². The fraction of sp³-hybridized carbons (Fsp3) is 0.800. The van der Waals surface area contributed by atoms with Crippen molar-refractivity contribution < 1.29 is 13.6 Å². The van der Waals surface area contributed by atoms with E-state index in [1.807, 2.05) is 0 Å². The molecular formula is C5H9F2NO. The predicted octanol–water partition coefficient (Wildman–Crippen LogP) is 0.559. The van der Waals surface area contributed by atoms with Crippen LogP contribution in [-0.4, -0.2) is 18.8 Å². The van der Waals surface area contributed by atoms with E-state index in [1.165, 1.54) is 0 Å². The second-order valence-corrected chi connectivity index (χ2v) is 1.77. The first-order valence-electron chi connectivity index (χ1n) is 2.64. The molecule has 0 unspecified atom stereocenters. The van der Waals surface area contributed by atoms with Crippen LogP contribution < -0.4 is 5.73 Å². The molecule has 54 valence electrons. The summed E-state index contributed by atoms with van der Waals surface area (Å²) in [6.07, 6.45) is -0.0965. The zero-order valence-corrected chi connectivity index (χ0v) is 4.94. The minimum absolute atomic E-state index is 0.121. The van der Waals surface area contributed by atoms with Crippen LogP contribution in [0.15, 0.2) is 0 Å². The van der Waals surface area contributed by atoms with Crippen LogP contribution in [-0.2, 0) is 4.79 Å². The molecule has 2 N–H and O–H groups in total. The van der Waals surface area contributed by atoms with Gasteiger partial charge in [0.15, 0.2) is 0 Å². The van der Waals surface area contributed by atoms with Crippen molar-refractivity contribution in [2.45, 2.75) is 18.8 Å². The van der Waals surface area contributed by atoms with Gasteiger partial charge in [-0.3, -0.25) is 0 Å². The molecule has 0 saturated carbocycles. The van der Waals surface area contributed by atoms with Crippen molar-refractivity contribution in [3.63, 3.8) is 0 Å². The third-order valence-electron chi connectivity index (χ3n) is 0.927. The van der Waals surface area contributed by atoms with Gasteiger partial charge in [0.1, 0.15) is 6.29 Å². The van der Waals surface area contributed by atoms with Gasteiger partial charge in [-0.05, 0) is 0 Å². The normalized spacial score (nSPS) is 11.4. The average molecular weight is 137 g/mol. The number of carbonyl (C=O) groups excluding carboxylic acids is 1. The molecule has 0 aromatic carbocycles. The zero-order chi connectivity index (χ0) is 7.33. The summed E-state index contributed by atoms with van der Waals surface area (Å²) in [5, 5.41) is 0. The molecule has 2 nitrogen and oxygen atoms in total. The number of rotatable bonds is 4. The lowest BCUT2D eigenvalue weighted by molar-refractivity contribution is -0.109. The van der Waals surface area contributed by atoms with Gasteiger partial charge in [-0.2, -0.15) is 0 Å². The largest absolute Gasteiger partial charge is 0.325 e. The van der Waals surface area contributed by atoms with E-state index in [4.69, 9.17) is 0 Å². The van der Waals surface area contributed by atoms with E-state index in [-0.39, 0.29) is 6.42 Å². The van der Waals surface area contributed by atoms with Crippen LogP contribution in [0.1, 0.15) is 12.8 Å². The molecule has 0 bridgehead atoms. The van der Waals surface area contributed by atoms with Gasteiger partial charge < -0.3 is 10.5 Å². The standard InChI is InChI=1S/C5H9F2NO/c6-5(7,4-8)2-1-3-9/h3H,1-2,4,8H2. The number of aldehydes is 1. The monoisotopic (exact) mass is 137 g/mol. The van der Waals surface area contributed by atoms with Crippen molar-refractivity contribution in [3.05, 3.63) is 0 Å². The van der Waals surface area contributed by atoms with Crippen molar-refractivity contribution in [1.29, 1.82) is 0 Å². The van der Waals surface area contributed by atoms with Crippen LogP contribution in [0.2, 0.25) is 0 Å². The fourth-order valence-corrected chi connectivity index (χ4v) is 0.372. The molecule has 0 spiro atoms. The highest BCUT2D eigenvalue weighted by molar-refractivity contribution is 5.49. The van der Waals surface area contributed by atoms with Crippen LogP contribution in [0.3, 0.4) is 0 Å². The Labute approximate surface area is 52.0 Å². The summed E-state index contributed by atoms with van der Waals surface area (Å²) in [4.78, 5) is 9.59. The topological polar surface area (TPSA) is 43.1 Å². The van der Waals surface area contributed by atoms with Crippen molar-refractivity contribution in [2.75, 3.05) is 6.54 Å². The maximum atomic E-state index is 12.1. The summed E-state index contributed by atoms with van der Waals surface area (Å²) in [7, 11) is 0. The summed E-state index contributed by atoms with van der Waals surface area (Å²) in [5.74, 6) is -2.86. The smallest absolute Gasteiger partial charge is 0.260 e. The molecule has 0 aromatic rings. The molecule has 0 fully saturated rings. The maximum Gasteiger partial charge on any atom is 0.260 e. The fourth-order valence-electron chi connectivity index (χ4n) is 0.372. The molecule has 9 heavy (non-hydrogen) atoms. The highest BCUT2D eigenvalue weighted by Crippen LogP contribution is 2.16. The Morgan fingerprint density at radius 1 is 1.56 bits per heavy atom. The number of hydrogen-bond acceptors (Lipinski definition) is 2. The molecule has 0 saturated heterocycles. The lowest BCUT2D eigenvalue weighted by Gasteiger charge is -2.10. The van der Waals surface area contributed by atoms with Crippen LogP contribution in [0.4, 0.5) is 8.78 Å². The van der Waals surface area contributed by atoms with E-state index >= 15 is 0 Å². The van der Waals surface area contributed by atoms with E-state index in [0.29, 0.717) is 6.29 Å². The molecule has 0 radical (unpaired) electrons. The van der Waals surface area contributed by atoms with Crippen molar-refractivity contribution in [1.82, 2.24) is 0 Å². The maximum absolute atomic E-state index is 12.1. The molecule has 0 rings (SSSR count). The quantitative estimate of drug-likeness (QED) is 0.575. The predicted molar refractivity (Wildman–Crippen MR) is 29.3 cm³/mol. The first kappa shape index (κ1) is 8.49. The molecule has 0 heterocycles. The third-order valence-corrected chi connectivity index (χ3v) is 0.927. The molecule has 0 aliphatic rings. The summed E-state index contributed by atoms with van der Waals surface area (Å²) in [5.41, 5.74) is 4.68. The Hall–Kier alpha value is -0.510. The summed E-state index contributed by atoms with van der Waals surface area (Å²) in [6.45, 7) is -0.680. The van der Waals surface area contributed by atoms with Crippen LogP contribution in [0.25, 0.3) is 0 Å². The van der Waals surface area contributed by atoms with E-state index in [9.17, 15) is 13.6 Å². The van der Waals surface area contributed by atoms with Crippen molar-refractivity contribution in [2.24, 2.45) is 5.73 Å². The second-order valence-electron chi connectivity index (χ2n) is 1.77. The number of hydrogen-bond donors (Lipinski definition) is 1. The molecule has 0 aliphatic carbocycles. The highest BCUT2D eigenvalue weighted by atomic mass is 19.3. The molecule has 0 amide bonds. The van der Waals surface area contributed by atoms with E-state index in [2.05, 4.69) is 5.73 Å². The first-order valence-corrected chi connectivity index (χ1v) is 2.64. The first-order chi connectivity index (χ1) is 4.12. The Morgan fingerprint density at radius 3 is 2.44 bits per heavy atom. The molecular weight excluding hydrogens is 128 g/mol. The van der Waals surface area contributed by atoms with E-state index in [1.54, 1.807) is 0 Å². The Bertz CT molecular complexity index is 95.0. The average Bonchev–Trinajstić information content (AvgIpc) is 1.84. The number of alkyl halides is 2. The minimum Gasteiger partial charge on any atom is -0.325 e. The summed E-state index contributed by atoms with van der Waals surface area (Å²) < 4.78 is 24.1. The van der Waals surface area contributed by atoms with Gasteiger partial charge in [0.25, 0.3) is 5.92 Å². The number of nitrogens with two attached hydrogens (primary N) is 1. The van der Waals surface area contributed by atoms with Gasteiger partial charge in [-0.15, -0.1) is 0 Å². The van der Waals surface area contributed by atoms with E-state index in [0.717, 1.165) is 0 Å². The zero-order valence-electron chi connectivity index (χ0n) is 4.94. The number of halogens is 2. The third kappa shape index (κ3) is 4.02. The summed E-state index contributed by atoms with van der Waals surface area (Å²) in [6, 6.07) is 0. The van der Waals surface area contributed by atoms with Gasteiger partial charge in [0.05, 0.1) is 6.54 Å². The van der Waals surface area contributed by atoms with Gasteiger partial charge in [-0.25, -0.2) is 8.78 Å². The Balaban J connectivity index is 3.44. The SMILES string of the molecule is NCC(F)(F)CCC=O. The molecule has 4 heteroatoms. The Kier molecular flexibility index (Phi) is 3.30. The van der Waals surface area contributed by atoms with Crippen molar-refractivity contribution >= 4 is 6.29 Å². The molecule has 0 atom stereocenters. The molecule has 0 aliphatic heterocycles. The van der Waals surface area contributed by atoms with Gasteiger partial charge in [0.2, 0.25) is 0 Å². The summed E-state index contributed by atoms with van der Waals surface area (Å²) >= 11 is 0. The van der Waals surface area contributed by atoms with Gasteiger partial charge in [-0.1, -0.05) is 0 Å². The highest BCUT2D eigenvalue weighted by Gasteiger charge is 2.25. The van der Waals surface area contributed by atoms with Crippen LogP contribution in [0, 0.1) is 0 Å². The molecule has 0 aromatic heterocycles. The van der Waals surface area contributed by atoms with Crippen LogP contribution >= 0.6 is 0 Å². The van der Waals surface area contributed by atoms with Crippen LogP contribution in [0.5, 0.6) is 0 Å². The van der Waals surface area contributed by atoms with E-state index < -0.39 is 18.9 Å². The minimum atomic E-state index is -2.86. The second kappa shape index (κ2) is 3.50. The van der Waals surface area contributed by atoms with Gasteiger partial charge in [0, 0.05) is 12.8 Å². The lowest BCUT2D eigenvalue weighted by Crippen LogP contribution is -2.27. The number of carbonyl (C=O) groups is 1. The Morgan fingerprint density at radius 2 is 2.11 bits per heavy atom.